The van der Waals surface area contributed by atoms with E-state index in [2.05, 4.69) is 10.6 Å². The summed E-state index contributed by atoms with van der Waals surface area (Å²) in [5, 5.41) is 6.74. The molecule has 140 valence electrons. The molecule has 0 radical (unpaired) electrons. The zero-order valence-electron chi connectivity index (χ0n) is 15.1. The van der Waals surface area contributed by atoms with Crippen molar-refractivity contribution in [3.05, 3.63) is 23.8 Å². The minimum atomic E-state index is -3.59. The van der Waals surface area contributed by atoms with Crippen LogP contribution < -0.4 is 16.0 Å². The number of aryl methyl sites for hydroxylation is 1. The molecule has 9 heteroatoms. The van der Waals surface area contributed by atoms with Gasteiger partial charge in [0.1, 0.15) is 0 Å². The summed E-state index contributed by atoms with van der Waals surface area (Å²) >= 11 is 0. The van der Waals surface area contributed by atoms with E-state index in [-0.39, 0.29) is 29.8 Å². The molecular weight excluding hydrogens is 344 g/mol. The Morgan fingerprint density at radius 3 is 2.28 bits per heavy atom. The highest BCUT2D eigenvalue weighted by atomic mass is 32.2. The molecule has 1 rings (SSSR count). The first kappa shape index (κ1) is 21.1. The summed E-state index contributed by atoms with van der Waals surface area (Å²) in [5.41, 5.74) is 1.21. The monoisotopic (exact) mass is 371 g/mol. The molecule has 0 heterocycles. The number of nitrogens with one attached hydrogen (secondary N) is 2. The number of quaternary nitrogens is 1. The Morgan fingerprint density at radius 2 is 1.72 bits per heavy atom. The van der Waals surface area contributed by atoms with Crippen LogP contribution in [0.25, 0.3) is 0 Å². The minimum absolute atomic E-state index is 0.0693. The van der Waals surface area contributed by atoms with Gasteiger partial charge in [-0.2, -0.15) is 4.31 Å². The molecule has 0 aliphatic heterocycles. The van der Waals surface area contributed by atoms with E-state index >= 15 is 0 Å². The van der Waals surface area contributed by atoms with E-state index in [0.717, 1.165) is 5.56 Å². The maximum atomic E-state index is 12.6. The van der Waals surface area contributed by atoms with Crippen LogP contribution in [0.2, 0.25) is 0 Å². The van der Waals surface area contributed by atoms with Crippen LogP contribution in [0.15, 0.2) is 23.1 Å². The third kappa shape index (κ3) is 5.80. The van der Waals surface area contributed by atoms with Gasteiger partial charge in [-0.15, -0.1) is 0 Å². The molecule has 0 unspecified atom stereocenters. The van der Waals surface area contributed by atoms with Crippen LogP contribution in [-0.4, -0.2) is 57.8 Å². The quantitative estimate of drug-likeness (QED) is 0.531. The summed E-state index contributed by atoms with van der Waals surface area (Å²) in [4.78, 5) is 23.3. The standard InChI is InChI=1S/C16H26N4O4S/c1-5-20(6-2)25(23,24)13-8-7-12(3)14(9-13)19-16(22)11-18-10-15(21)17-4/h7-9,18H,5-6,10-11H2,1-4H3,(H,17,21)(H,19,22)/p+1. The predicted octanol–water partition coefficient (Wildman–Crippen LogP) is -0.727. The molecule has 1 aromatic rings. The van der Waals surface area contributed by atoms with Gasteiger partial charge in [0.25, 0.3) is 11.8 Å². The van der Waals surface area contributed by atoms with E-state index < -0.39 is 10.0 Å². The Balaban J connectivity index is 2.88. The molecule has 25 heavy (non-hydrogen) atoms. The van der Waals surface area contributed by atoms with Gasteiger partial charge in [0.05, 0.1) is 4.90 Å². The first-order valence-electron chi connectivity index (χ1n) is 8.19. The van der Waals surface area contributed by atoms with Crippen molar-refractivity contribution in [1.29, 1.82) is 0 Å². The van der Waals surface area contributed by atoms with Crippen LogP contribution in [0, 0.1) is 6.92 Å². The number of hydrogen-bond donors (Lipinski definition) is 3. The van der Waals surface area contributed by atoms with Crippen LogP contribution in [0.1, 0.15) is 19.4 Å². The molecule has 0 saturated heterocycles. The maximum Gasteiger partial charge on any atom is 0.279 e. The second kappa shape index (κ2) is 9.50. The lowest BCUT2D eigenvalue weighted by atomic mass is 10.2. The zero-order chi connectivity index (χ0) is 19.0. The number of amides is 2. The molecule has 0 spiro atoms. The van der Waals surface area contributed by atoms with Gasteiger partial charge in [0.2, 0.25) is 10.0 Å². The average molecular weight is 371 g/mol. The molecule has 4 N–H and O–H groups in total. The van der Waals surface area contributed by atoms with Crippen molar-refractivity contribution in [3.63, 3.8) is 0 Å². The van der Waals surface area contributed by atoms with Gasteiger partial charge in [0.15, 0.2) is 13.1 Å². The fraction of sp³-hybridized carbons (Fsp3) is 0.500. The van der Waals surface area contributed by atoms with E-state index in [4.69, 9.17) is 0 Å². The number of likely N-dealkylation sites (N-methyl/N-ethyl adjacent to an activating group) is 1. The number of sulfonamides is 1. The van der Waals surface area contributed by atoms with Crippen LogP contribution in [0.5, 0.6) is 0 Å². The van der Waals surface area contributed by atoms with Crippen molar-refractivity contribution in [1.82, 2.24) is 9.62 Å². The van der Waals surface area contributed by atoms with E-state index in [9.17, 15) is 18.0 Å². The van der Waals surface area contributed by atoms with Crippen LogP contribution in [0.4, 0.5) is 5.69 Å². The van der Waals surface area contributed by atoms with E-state index in [0.29, 0.717) is 18.8 Å². The minimum Gasteiger partial charge on any atom is -0.354 e. The summed E-state index contributed by atoms with van der Waals surface area (Å²) in [6, 6.07) is 4.68. The number of nitrogens with zero attached hydrogens (tertiary/aromatic N) is 1. The normalized spacial score (nSPS) is 11.4. The molecule has 2 amide bonds. The van der Waals surface area contributed by atoms with Crippen molar-refractivity contribution >= 4 is 27.5 Å². The fourth-order valence-corrected chi connectivity index (χ4v) is 3.73. The molecule has 1 aromatic carbocycles. The van der Waals surface area contributed by atoms with Crippen LogP contribution in [0.3, 0.4) is 0 Å². The van der Waals surface area contributed by atoms with Crippen molar-refractivity contribution in [2.75, 3.05) is 38.5 Å². The number of anilines is 1. The van der Waals surface area contributed by atoms with Gasteiger partial charge < -0.3 is 16.0 Å². The van der Waals surface area contributed by atoms with E-state index in [1.165, 1.54) is 23.5 Å². The third-order valence-electron chi connectivity index (χ3n) is 3.76. The predicted molar refractivity (Wildman–Crippen MR) is 95.6 cm³/mol. The highest BCUT2D eigenvalue weighted by Crippen LogP contribution is 2.22. The second-order valence-corrected chi connectivity index (χ2v) is 7.42. The SMILES string of the molecule is CCN(CC)S(=O)(=O)c1ccc(C)c(NC(=O)C[NH2+]CC(=O)NC)c1. The third-order valence-corrected chi connectivity index (χ3v) is 5.81. The average Bonchev–Trinajstić information content (AvgIpc) is 2.57. The van der Waals surface area contributed by atoms with E-state index in [1.807, 2.05) is 0 Å². The van der Waals surface area contributed by atoms with Gasteiger partial charge in [-0.1, -0.05) is 19.9 Å². The Morgan fingerprint density at radius 1 is 1.12 bits per heavy atom. The van der Waals surface area contributed by atoms with Crippen molar-refractivity contribution < 1.29 is 23.3 Å². The van der Waals surface area contributed by atoms with Crippen molar-refractivity contribution in [2.45, 2.75) is 25.7 Å². The van der Waals surface area contributed by atoms with Crippen molar-refractivity contribution in [2.24, 2.45) is 0 Å². The molecule has 0 aromatic heterocycles. The second-order valence-electron chi connectivity index (χ2n) is 5.48. The van der Waals surface area contributed by atoms with Gasteiger partial charge in [-0.05, 0) is 24.6 Å². The topological polar surface area (TPSA) is 112 Å². The fourth-order valence-electron chi connectivity index (χ4n) is 2.25. The summed E-state index contributed by atoms with van der Waals surface area (Å²) < 4.78 is 26.5. The summed E-state index contributed by atoms with van der Waals surface area (Å²) in [7, 11) is -2.06. The summed E-state index contributed by atoms with van der Waals surface area (Å²) in [6.45, 7) is 6.32. The summed E-state index contributed by atoms with van der Waals surface area (Å²) in [5.74, 6) is -0.472. The Bertz CT molecular complexity index is 715. The summed E-state index contributed by atoms with van der Waals surface area (Å²) in [6.07, 6.45) is 0. The van der Waals surface area contributed by atoms with Gasteiger partial charge in [0, 0.05) is 25.8 Å². The lowest BCUT2D eigenvalue weighted by Crippen LogP contribution is -2.88. The van der Waals surface area contributed by atoms with Gasteiger partial charge in [-0.3, -0.25) is 9.59 Å². The molecule has 0 aliphatic rings. The lowest BCUT2D eigenvalue weighted by Gasteiger charge is -2.19. The van der Waals surface area contributed by atoms with Crippen LogP contribution >= 0.6 is 0 Å². The Labute approximate surface area is 149 Å². The number of benzene rings is 1. The zero-order valence-corrected chi connectivity index (χ0v) is 15.9. The largest absolute Gasteiger partial charge is 0.354 e. The number of hydrogen-bond acceptors (Lipinski definition) is 4. The number of nitrogens with two attached hydrogens (primary N) is 1. The highest BCUT2D eigenvalue weighted by molar-refractivity contribution is 7.89. The number of rotatable bonds is 9. The van der Waals surface area contributed by atoms with E-state index in [1.54, 1.807) is 32.2 Å². The highest BCUT2D eigenvalue weighted by Gasteiger charge is 2.22. The smallest absolute Gasteiger partial charge is 0.279 e. The number of carbonyl (C=O) groups is 2. The van der Waals surface area contributed by atoms with Crippen LogP contribution in [-0.2, 0) is 19.6 Å². The first-order valence-corrected chi connectivity index (χ1v) is 9.63. The maximum absolute atomic E-state index is 12.6. The van der Waals surface area contributed by atoms with Crippen molar-refractivity contribution in [3.8, 4) is 0 Å². The Hall–Kier alpha value is -1.97. The molecule has 0 fully saturated rings. The lowest BCUT2D eigenvalue weighted by molar-refractivity contribution is -0.632. The molecule has 8 nitrogen and oxygen atoms in total. The molecule has 0 bridgehead atoms. The Kier molecular flexibility index (Phi) is 8.01. The van der Waals surface area contributed by atoms with Gasteiger partial charge in [-0.25, -0.2) is 8.42 Å². The first-order chi connectivity index (χ1) is 11.8. The number of carbonyl (C=O) groups excluding carboxylic acids is 2. The molecular formula is C16H27N4O4S+. The van der Waals surface area contributed by atoms with Gasteiger partial charge >= 0.3 is 0 Å². The molecule has 0 atom stereocenters. The molecule has 0 saturated carbocycles. The molecule has 0 aliphatic carbocycles.